The average Bonchev–Trinajstić information content (AvgIpc) is 3.00. The summed E-state index contributed by atoms with van der Waals surface area (Å²) < 4.78 is 66.4. The van der Waals surface area contributed by atoms with Crippen molar-refractivity contribution in [1.29, 1.82) is 0 Å². The lowest BCUT2D eigenvalue weighted by Crippen LogP contribution is -2.46. The van der Waals surface area contributed by atoms with E-state index >= 15 is 0 Å². The molecule has 2 heterocycles. The molecule has 1 aromatic heterocycles. The van der Waals surface area contributed by atoms with Crippen LogP contribution in [0.5, 0.6) is 11.5 Å². The van der Waals surface area contributed by atoms with E-state index in [9.17, 15) is 27.6 Å². The standard InChI is InChI=1S/C30H37F3N2O8/c1-5-6-7-23-18(2)43-29(38)24(16-40-15-21(23)14-20-8-10-22(11-9-20)30(31,32)33)35-28(37)26-27(42-17-41-19(3)36)25(39-4)12-13-34-26/h8-13,18,21,23-24H,5-7,14-17H2,1-4H3,(H,35,37)/t18-,21-,23-,24-/m0/s1. The molecule has 4 atom stereocenters. The Morgan fingerprint density at radius 2 is 1.86 bits per heavy atom. The van der Waals surface area contributed by atoms with Crippen LogP contribution in [-0.2, 0) is 36.4 Å². The van der Waals surface area contributed by atoms with Gasteiger partial charge < -0.3 is 29.0 Å². The van der Waals surface area contributed by atoms with Gasteiger partial charge in [0.1, 0.15) is 6.10 Å². The van der Waals surface area contributed by atoms with Gasteiger partial charge in [-0.3, -0.25) is 9.59 Å². The SMILES string of the molecule is CCCC[C@@H]1[C@@H](Cc2ccc(C(F)(F)F)cc2)COC[C@H](NC(=O)c2nccc(OC)c2OCOC(C)=O)C(=O)O[C@H]1C. The number of carbonyl (C=O) groups is 3. The van der Waals surface area contributed by atoms with Crippen molar-refractivity contribution in [3.8, 4) is 11.5 Å². The molecule has 0 radical (unpaired) electrons. The summed E-state index contributed by atoms with van der Waals surface area (Å²) in [6.45, 7) is 4.49. The minimum absolute atomic E-state index is 0.0919. The molecule has 2 aromatic rings. The fraction of sp³-hybridized carbons (Fsp3) is 0.533. The third kappa shape index (κ3) is 9.57. The number of methoxy groups -OCH3 is 1. The van der Waals surface area contributed by atoms with Gasteiger partial charge in [-0.1, -0.05) is 31.9 Å². The number of benzene rings is 1. The molecule has 0 aliphatic carbocycles. The highest BCUT2D eigenvalue weighted by molar-refractivity contribution is 5.98. The number of pyridine rings is 1. The average molecular weight is 611 g/mol. The van der Waals surface area contributed by atoms with Crippen molar-refractivity contribution >= 4 is 17.8 Å². The molecule has 10 nitrogen and oxygen atoms in total. The molecule has 43 heavy (non-hydrogen) atoms. The molecule has 1 saturated heterocycles. The van der Waals surface area contributed by atoms with Crippen LogP contribution in [0.2, 0.25) is 0 Å². The third-order valence-corrected chi connectivity index (χ3v) is 7.16. The van der Waals surface area contributed by atoms with E-state index in [1.165, 1.54) is 38.4 Å². The van der Waals surface area contributed by atoms with Crippen LogP contribution in [0.3, 0.4) is 0 Å². The van der Waals surface area contributed by atoms with Gasteiger partial charge in [0.15, 0.2) is 23.2 Å². The lowest BCUT2D eigenvalue weighted by Gasteiger charge is -2.31. The molecular formula is C30H37F3N2O8. The molecule has 1 N–H and O–H groups in total. The van der Waals surface area contributed by atoms with Crippen LogP contribution in [0.25, 0.3) is 0 Å². The maximum Gasteiger partial charge on any atom is 0.416 e. The zero-order valence-electron chi connectivity index (χ0n) is 24.6. The molecule has 1 aliphatic rings. The summed E-state index contributed by atoms with van der Waals surface area (Å²) in [5.74, 6) is -2.32. The van der Waals surface area contributed by atoms with Crippen LogP contribution in [-0.4, -0.2) is 62.1 Å². The lowest BCUT2D eigenvalue weighted by molar-refractivity contribution is -0.154. The fourth-order valence-electron chi connectivity index (χ4n) is 4.91. The second-order valence-corrected chi connectivity index (χ2v) is 10.3. The number of rotatable bonds is 11. The Morgan fingerprint density at radius 1 is 1.14 bits per heavy atom. The summed E-state index contributed by atoms with van der Waals surface area (Å²) >= 11 is 0. The van der Waals surface area contributed by atoms with Gasteiger partial charge in [0.05, 0.1) is 25.9 Å². The van der Waals surface area contributed by atoms with E-state index in [1.807, 2.05) is 6.92 Å². The maximum atomic E-state index is 13.3. The second-order valence-electron chi connectivity index (χ2n) is 10.3. The highest BCUT2D eigenvalue weighted by Crippen LogP contribution is 2.33. The van der Waals surface area contributed by atoms with Crippen LogP contribution in [0.1, 0.15) is 61.6 Å². The molecule has 1 amide bonds. The first-order valence-corrected chi connectivity index (χ1v) is 14.0. The molecule has 1 aliphatic heterocycles. The van der Waals surface area contributed by atoms with Crippen LogP contribution >= 0.6 is 0 Å². The Bertz CT molecular complexity index is 1240. The molecule has 0 spiro atoms. The molecule has 1 fully saturated rings. The summed E-state index contributed by atoms with van der Waals surface area (Å²) in [7, 11) is 1.36. The number of hydrogen-bond acceptors (Lipinski definition) is 9. The highest BCUT2D eigenvalue weighted by Gasteiger charge is 2.36. The zero-order chi connectivity index (χ0) is 31.6. The molecule has 0 unspecified atom stereocenters. The molecule has 13 heteroatoms. The highest BCUT2D eigenvalue weighted by atomic mass is 19.4. The molecule has 0 saturated carbocycles. The van der Waals surface area contributed by atoms with Crippen molar-refractivity contribution in [2.45, 2.75) is 64.8 Å². The molecular weight excluding hydrogens is 573 g/mol. The maximum absolute atomic E-state index is 13.3. The summed E-state index contributed by atoms with van der Waals surface area (Å²) in [6, 6.07) is 5.27. The number of unbranched alkanes of at least 4 members (excludes halogenated alkanes) is 1. The predicted molar refractivity (Wildman–Crippen MR) is 147 cm³/mol. The number of nitrogens with one attached hydrogen (secondary N) is 1. The van der Waals surface area contributed by atoms with Crippen molar-refractivity contribution < 1.29 is 51.2 Å². The van der Waals surface area contributed by atoms with E-state index in [1.54, 1.807) is 6.92 Å². The Morgan fingerprint density at radius 3 is 2.49 bits per heavy atom. The monoisotopic (exact) mass is 610 g/mol. The van der Waals surface area contributed by atoms with Crippen molar-refractivity contribution in [3.05, 3.63) is 53.3 Å². The predicted octanol–water partition coefficient (Wildman–Crippen LogP) is 4.73. The molecule has 3 rings (SSSR count). The first-order valence-electron chi connectivity index (χ1n) is 14.0. The summed E-state index contributed by atoms with van der Waals surface area (Å²) in [4.78, 5) is 41.7. The third-order valence-electron chi connectivity index (χ3n) is 7.16. The van der Waals surface area contributed by atoms with Crippen LogP contribution in [0.15, 0.2) is 36.5 Å². The Hall–Kier alpha value is -3.87. The zero-order valence-corrected chi connectivity index (χ0v) is 24.6. The normalized spacial score (nSPS) is 21.0. The van der Waals surface area contributed by atoms with E-state index in [0.717, 1.165) is 25.0 Å². The fourth-order valence-corrected chi connectivity index (χ4v) is 4.91. The van der Waals surface area contributed by atoms with E-state index in [0.29, 0.717) is 18.4 Å². The van der Waals surface area contributed by atoms with E-state index < -0.39 is 48.5 Å². The number of ether oxygens (including phenoxy) is 5. The van der Waals surface area contributed by atoms with Gasteiger partial charge in [0.25, 0.3) is 5.91 Å². The molecule has 1 aromatic carbocycles. The smallest absolute Gasteiger partial charge is 0.416 e. The van der Waals surface area contributed by atoms with Gasteiger partial charge in [-0.05, 0) is 43.4 Å². The number of alkyl halides is 3. The minimum atomic E-state index is -4.43. The summed E-state index contributed by atoms with van der Waals surface area (Å²) in [6.07, 6.45) is -0.780. The number of halogens is 3. The number of hydrogen-bond donors (Lipinski definition) is 1. The first kappa shape index (κ1) is 33.6. The summed E-state index contributed by atoms with van der Waals surface area (Å²) in [5, 5.41) is 2.58. The largest absolute Gasteiger partial charge is 0.493 e. The van der Waals surface area contributed by atoms with Crippen LogP contribution < -0.4 is 14.8 Å². The van der Waals surface area contributed by atoms with Gasteiger partial charge in [-0.15, -0.1) is 0 Å². The van der Waals surface area contributed by atoms with Crippen LogP contribution in [0.4, 0.5) is 13.2 Å². The number of cyclic esters (lactones) is 1. The number of amides is 1. The topological polar surface area (TPSA) is 122 Å². The van der Waals surface area contributed by atoms with Gasteiger partial charge in [-0.25, -0.2) is 9.78 Å². The van der Waals surface area contributed by atoms with E-state index in [4.69, 9.17) is 23.7 Å². The Balaban J connectivity index is 1.79. The molecule has 236 valence electrons. The van der Waals surface area contributed by atoms with E-state index in [2.05, 4.69) is 10.3 Å². The second kappa shape index (κ2) is 15.6. The Labute approximate surface area is 248 Å². The van der Waals surface area contributed by atoms with Gasteiger partial charge >= 0.3 is 18.1 Å². The van der Waals surface area contributed by atoms with Crippen LogP contribution in [0, 0.1) is 11.8 Å². The number of aromatic nitrogens is 1. The first-order chi connectivity index (χ1) is 20.4. The lowest BCUT2D eigenvalue weighted by atomic mass is 9.80. The van der Waals surface area contributed by atoms with Gasteiger partial charge in [0, 0.05) is 25.1 Å². The van der Waals surface area contributed by atoms with Crippen molar-refractivity contribution in [3.63, 3.8) is 0 Å². The van der Waals surface area contributed by atoms with Crippen molar-refractivity contribution in [2.75, 3.05) is 27.1 Å². The quantitative estimate of drug-likeness (QED) is 0.284. The molecule has 0 bridgehead atoms. The van der Waals surface area contributed by atoms with Crippen molar-refractivity contribution in [2.24, 2.45) is 11.8 Å². The number of carbonyl (C=O) groups excluding carboxylic acids is 3. The van der Waals surface area contributed by atoms with Gasteiger partial charge in [0.2, 0.25) is 6.79 Å². The number of nitrogens with zero attached hydrogens (tertiary/aromatic N) is 1. The van der Waals surface area contributed by atoms with E-state index in [-0.39, 0.29) is 42.2 Å². The minimum Gasteiger partial charge on any atom is -0.493 e. The Kier molecular flexibility index (Phi) is 12.2. The van der Waals surface area contributed by atoms with Crippen molar-refractivity contribution in [1.82, 2.24) is 10.3 Å². The summed E-state index contributed by atoms with van der Waals surface area (Å²) in [5.41, 5.74) is -0.236. The number of esters is 2. The van der Waals surface area contributed by atoms with Gasteiger partial charge in [-0.2, -0.15) is 13.2 Å².